The molecule has 33 heavy (non-hydrogen) atoms. The van der Waals surface area contributed by atoms with E-state index in [0.717, 1.165) is 33.8 Å². The Hall–Kier alpha value is -3.98. The molecule has 0 bridgehead atoms. The molecule has 3 aromatic rings. The first kappa shape index (κ1) is 22.2. The van der Waals surface area contributed by atoms with E-state index in [1.54, 1.807) is 44.6 Å². The first-order valence-corrected chi connectivity index (χ1v) is 10.8. The van der Waals surface area contributed by atoms with Gasteiger partial charge in [-0.1, -0.05) is 0 Å². The van der Waals surface area contributed by atoms with Crippen molar-refractivity contribution in [2.75, 3.05) is 26.1 Å². The maximum Gasteiger partial charge on any atom is 0.294 e. The van der Waals surface area contributed by atoms with Crippen LogP contribution in [0.4, 0.5) is 10.5 Å². The number of anilines is 1. The Morgan fingerprint density at radius 3 is 2.24 bits per heavy atom. The maximum atomic E-state index is 12.8. The number of rotatable bonds is 7. The highest BCUT2D eigenvalue weighted by Crippen LogP contribution is 2.32. The summed E-state index contributed by atoms with van der Waals surface area (Å²) in [7, 11) is 3.15. The predicted molar refractivity (Wildman–Crippen MR) is 127 cm³/mol. The smallest absolute Gasteiger partial charge is 0.294 e. The lowest BCUT2D eigenvalue weighted by molar-refractivity contribution is -0.127. The van der Waals surface area contributed by atoms with Gasteiger partial charge in [0.15, 0.2) is 0 Å². The molecule has 1 fully saturated rings. The van der Waals surface area contributed by atoms with Gasteiger partial charge in [-0.3, -0.25) is 19.3 Å². The first-order chi connectivity index (χ1) is 16.0. The third kappa shape index (κ3) is 4.93. The van der Waals surface area contributed by atoms with Crippen molar-refractivity contribution >= 4 is 40.6 Å². The molecular formula is C24H21N3O5S. The molecule has 3 amide bonds. The fourth-order valence-electron chi connectivity index (χ4n) is 3.28. The summed E-state index contributed by atoms with van der Waals surface area (Å²) in [6.45, 7) is -0.368. The van der Waals surface area contributed by atoms with Crippen molar-refractivity contribution in [3.05, 3.63) is 77.5 Å². The van der Waals surface area contributed by atoms with Gasteiger partial charge in [-0.05, 0) is 78.5 Å². The molecule has 1 aromatic heterocycles. The molecule has 4 rings (SSSR count). The maximum absolute atomic E-state index is 12.8. The number of thioether (sulfide) groups is 1. The number of aromatic nitrogens is 1. The lowest BCUT2D eigenvalue weighted by Crippen LogP contribution is -2.36. The highest BCUT2D eigenvalue weighted by Gasteiger charge is 2.36. The summed E-state index contributed by atoms with van der Waals surface area (Å²) in [5, 5.41) is 2.19. The molecular weight excluding hydrogens is 442 g/mol. The van der Waals surface area contributed by atoms with Crippen LogP contribution in [-0.2, 0) is 9.59 Å². The van der Waals surface area contributed by atoms with E-state index in [-0.39, 0.29) is 11.4 Å². The van der Waals surface area contributed by atoms with Crippen molar-refractivity contribution in [2.45, 2.75) is 0 Å². The molecule has 0 atom stereocenters. The van der Waals surface area contributed by atoms with Gasteiger partial charge in [-0.2, -0.15) is 0 Å². The van der Waals surface area contributed by atoms with Crippen molar-refractivity contribution in [3.63, 3.8) is 0 Å². The van der Waals surface area contributed by atoms with E-state index < -0.39 is 17.1 Å². The van der Waals surface area contributed by atoms with Crippen LogP contribution in [0.1, 0.15) is 5.69 Å². The number of hydrogen-bond acceptors (Lipinski definition) is 6. The second-order valence-corrected chi connectivity index (χ2v) is 8.04. The van der Waals surface area contributed by atoms with Crippen LogP contribution in [0.2, 0.25) is 0 Å². The Morgan fingerprint density at radius 2 is 1.61 bits per heavy atom. The summed E-state index contributed by atoms with van der Waals surface area (Å²) in [4.78, 5) is 38.9. The first-order valence-electron chi connectivity index (χ1n) is 9.99. The number of carbonyl (C=O) groups is 3. The average Bonchev–Trinajstić information content (AvgIpc) is 3.39. The van der Waals surface area contributed by atoms with Crippen LogP contribution in [0.5, 0.6) is 11.5 Å². The highest BCUT2D eigenvalue weighted by molar-refractivity contribution is 8.18. The number of methoxy groups -OCH3 is 2. The summed E-state index contributed by atoms with van der Waals surface area (Å²) in [6.07, 6.45) is 3.51. The average molecular weight is 464 g/mol. The molecule has 0 spiro atoms. The molecule has 8 nitrogen and oxygen atoms in total. The van der Waals surface area contributed by atoms with E-state index in [1.807, 2.05) is 47.2 Å². The van der Waals surface area contributed by atoms with Crippen LogP contribution in [0.25, 0.3) is 11.8 Å². The van der Waals surface area contributed by atoms with Crippen LogP contribution < -0.4 is 14.8 Å². The Bertz CT molecular complexity index is 1220. The van der Waals surface area contributed by atoms with Gasteiger partial charge in [-0.25, -0.2) is 0 Å². The summed E-state index contributed by atoms with van der Waals surface area (Å²) in [6, 6.07) is 17.9. The fourth-order valence-corrected chi connectivity index (χ4v) is 4.10. The second kappa shape index (κ2) is 9.66. The van der Waals surface area contributed by atoms with E-state index >= 15 is 0 Å². The van der Waals surface area contributed by atoms with Crippen LogP contribution in [0, 0.1) is 0 Å². The van der Waals surface area contributed by atoms with Crippen molar-refractivity contribution < 1.29 is 23.9 Å². The number of amides is 3. The van der Waals surface area contributed by atoms with Crippen LogP contribution in [-0.4, -0.2) is 47.3 Å². The normalized spacial score (nSPS) is 14.6. The lowest BCUT2D eigenvalue weighted by atomic mass is 10.2. The number of nitrogens with one attached hydrogen (secondary N) is 1. The topological polar surface area (TPSA) is 89.9 Å². The highest BCUT2D eigenvalue weighted by atomic mass is 32.2. The molecule has 1 saturated heterocycles. The molecule has 9 heteroatoms. The third-order valence-corrected chi connectivity index (χ3v) is 5.87. The molecule has 1 N–H and O–H groups in total. The van der Waals surface area contributed by atoms with Gasteiger partial charge >= 0.3 is 0 Å². The van der Waals surface area contributed by atoms with Crippen molar-refractivity contribution in [2.24, 2.45) is 0 Å². The summed E-state index contributed by atoms with van der Waals surface area (Å²) in [5.74, 6) is 0.424. The van der Waals surface area contributed by atoms with Gasteiger partial charge in [0.25, 0.3) is 11.1 Å². The van der Waals surface area contributed by atoms with Crippen molar-refractivity contribution in [3.8, 4) is 17.2 Å². The SMILES string of the molecule is COc1ccc(NC(=O)CN2C(=O)S/C(=C\c3cccn3-c3ccc(OC)cc3)C2=O)cc1. The number of hydrogen-bond donors (Lipinski definition) is 1. The number of ether oxygens (including phenoxy) is 2. The molecule has 168 valence electrons. The summed E-state index contributed by atoms with van der Waals surface area (Å²) >= 11 is 0.812. The van der Waals surface area contributed by atoms with E-state index in [0.29, 0.717) is 11.4 Å². The van der Waals surface area contributed by atoms with E-state index in [9.17, 15) is 14.4 Å². The van der Waals surface area contributed by atoms with Gasteiger partial charge in [0.1, 0.15) is 18.0 Å². The Balaban J connectivity index is 1.47. The van der Waals surface area contributed by atoms with Gasteiger partial charge in [0.05, 0.1) is 19.1 Å². The standard InChI is InChI=1S/C24H21N3O5S/c1-31-19-9-5-16(6-10-19)25-22(28)15-27-23(29)21(33-24(27)30)14-18-4-3-13-26(18)17-7-11-20(32-2)12-8-17/h3-14H,15H2,1-2H3,(H,25,28)/b21-14-. The fraction of sp³-hybridized carbons (Fsp3) is 0.125. The summed E-state index contributed by atoms with van der Waals surface area (Å²) in [5.41, 5.74) is 2.15. The van der Waals surface area contributed by atoms with Gasteiger partial charge in [0, 0.05) is 23.3 Å². The zero-order chi connectivity index (χ0) is 23.4. The Kier molecular flexibility index (Phi) is 6.50. The molecule has 0 saturated carbocycles. The largest absolute Gasteiger partial charge is 0.497 e. The lowest BCUT2D eigenvalue weighted by Gasteiger charge is -2.12. The van der Waals surface area contributed by atoms with Gasteiger partial charge in [0.2, 0.25) is 5.91 Å². The van der Waals surface area contributed by atoms with Gasteiger partial charge in [-0.15, -0.1) is 0 Å². The minimum Gasteiger partial charge on any atom is -0.497 e. The zero-order valence-corrected chi connectivity index (χ0v) is 18.8. The third-order valence-electron chi connectivity index (χ3n) is 4.96. The van der Waals surface area contributed by atoms with Crippen LogP contribution in [0.3, 0.4) is 0 Å². The number of benzene rings is 2. The number of imide groups is 1. The molecule has 1 aliphatic heterocycles. The Morgan fingerprint density at radius 1 is 0.970 bits per heavy atom. The zero-order valence-electron chi connectivity index (χ0n) is 18.0. The minimum absolute atomic E-state index is 0.255. The second-order valence-electron chi connectivity index (χ2n) is 7.05. The van der Waals surface area contributed by atoms with Gasteiger partial charge < -0.3 is 19.4 Å². The van der Waals surface area contributed by atoms with Crippen molar-refractivity contribution in [1.82, 2.24) is 9.47 Å². The van der Waals surface area contributed by atoms with E-state index in [2.05, 4.69) is 5.32 Å². The molecule has 0 unspecified atom stereocenters. The van der Waals surface area contributed by atoms with E-state index in [4.69, 9.17) is 9.47 Å². The van der Waals surface area contributed by atoms with Crippen LogP contribution >= 0.6 is 11.8 Å². The molecule has 2 aromatic carbocycles. The molecule has 0 aliphatic carbocycles. The Labute approximate surface area is 194 Å². The minimum atomic E-state index is -0.502. The molecule has 1 aliphatic rings. The number of carbonyl (C=O) groups excluding carboxylic acids is 3. The van der Waals surface area contributed by atoms with Crippen molar-refractivity contribution in [1.29, 1.82) is 0 Å². The number of nitrogens with zero attached hydrogens (tertiary/aromatic N) is 2. The molecule has 2 heterocycles. The molecule has 0 radical (unpaired) electrons. The monoisotopic (exact) mass is 463 g/mol. The van der Waals surface area contributed by atoms with Crippen LogP contribution in [0.15, 0.2) is 71.8 Å². The quantitative estimate of drug-likeness (QED) is 0.529. The summed E-state index contributed by atoms with van der Waals surface area (Å²) < 4.78 is 12.2. The predicted octanol–water partition coefficient (Wildman–Crippen LogP) is 4.17. The van der Waals surface area contributed by atoms with E-state index in [1.165, 1.54) is 0 Å².